The van der Waals surface area contributed by atoms with Crippen LogP contribution in [0.25, 0.3) is 0 Å². The lowest BCUT2D eigenvalue weighted by Gasteiger charge is -2.11. The summed E-state index contributed by atoms with van der Waals surface area (Å²) in [4.78, 5) is 0. The van der Waals surface area contributed by atoms with Crippen LogP contribution in [0.5, 0.6) is 0 Å². The first kappa shape index (κ1) is 13.7. The van der Waals surface area contributed by atoms with E-state index in [4.69, 9.17) is 23.2 Å². The van der Waals surface area contributed by atoms with Gasteiger partial charge in [-0.05, 0) is 36.2 Å². The Kier molecular flexibility index (Phi) is 4.55. The van der Waals surface area contributed by atoms with Crippen LogP contribution in [-0.4, -0.2) is 0 Å². The number of hydrogen-bond acceptors (Lipinski definition) is 1. The number of aryl methyl sites for hydroxylation is 1. The van der Waals surface area contributed by atoms with Crippen molar-refractivity contribution in [1.82, 2.24) is 0 Å². The van der Waals surface area contributed by atoms with Crippen LogP contribution in [0.15, 0.2) is 40.9 Å². The fourth-order valence-corrected chi connectivity index (χ4v) is 2.81. The first-order chi connectivity index (χ1) is 8.58. The van der Waals surface area contributed by atoms with E-state index in [2.05, 4.69) is 46.4 Å². The van der Waals surface area contributed by atoms with Crippen molar-refractivity contribution >= 4 is 44.8 Å². The van der Waals surface area contributed by atoms with Crippen LogP contribution in [-0.2, 0) is 6.54 Å². The number of halogens is 3. The van der Waals surface area contributed by atoms with Crippen molar-refractivity contribution in [1.29, 1.82) is 0 Å². The summed E-state index contributed by atoms with van der Waals surface area (Å²) in [7, 11) is 0. The van der Waals surface area contributed by atoms with Gasteiger partial charge in [-0.25, -0.2) is 0 Å². The highest BCUT2D eigenvalue weighted by Gasteiger charge is 2.06. The van der Waals surface area contributed by atoms with Crippen molar-refractivity contribution in [3.63, 3.8) is 0 Å². The van der Waals surface area contributed by atoms with E-state index in [9.17, 15) is 0 Å². The largest absolute Gasteiger partial charge is 0.379 e. The molecule has 1 nitrogen and oxygen atoms in total. The van der Waals surface area contributed by atoms with Crippen molar-refractivity contribution in [2.45, 2.75) is 13.5 Å². The monoisotopic (exact) mass is 343 g/mol. The molecule has 0 aliphatic rings. The van der Waals surface area contributed by atoms with Gasteiger partial charge in [0, 0.05) is 11.0 Å². The lowest BCUT2D eigenvalue weighted by atomic mass is 10.1. The normalized spacial score (nSPS) is 10.4. The van der Waals surface area contributed by atoms with Crippen molar-refractivity contribution in [3.05, 3.63) is 62.0 Å². The molecule has 0 aliphatic carbocycles. The van der Waals surface area contributed by atoms with Gasteiger partial charge in [0.05, 0.1) is 15.7 Å². The Labute approximate surface area is 125 Å². The number of anilines is 1. The van der Waals surface area contributed by atoms with Gasteiger partial charge >= 0.3 is 0 Å². The number of benzene rings is 2. The molecule has 0 atom stereocenters. The smallest absolute Gasteiger partial charge is 0.0721 e. The minimum atomic E-state index is 0.630. The summed E-state index contributed by atoms with van der Waals surface area (Å²) < 4.78 is 1.08. The van der Waals surface area contributed by atoms with Crippen molar-refractivity contribution in [2.24, 2.45) is 0 Å². The molecule has 0 bridgehead atoms. The molecule has 0 spiro atoms. The molecule has 0 saturated heterocycles. The molecule has 2 aromatic rings. The summed E-state index contributed by atoms with van der Waals surface area (Å²) >= 11 is 15.8. The Bertz CT molecular complexity index is 549. The second kappa shape index (κ2) is 5.96. The summed E-state index contributed by atoms with van der Waals surface area (Å²) in [5.74, 6) is 0. The molecule has 0 amide bonds. The van der Waals surface area contributed by atoms with Crippen LogP contribution in [0.2, 0.25) is 10.0 Å². The Morgan fingerprint density at radius 2 is 1.78 bits per heavy atom. The Hall–Kier alpha value is -0.700. The molecule has 1 N–H and O–H groups in total. The van der Waals surface area contributed by atoms with Crippen LogP contribution < -0.4 is 5.32 Å². The fraction of sp³-hybridized carbons (Fsp3) is 0.143. The Morgan fingerprint density at radius 1 is 1.11 bits per heavy atom. The van der Waals surface area contributed by atoms with E-state index in [0.29, 0.717) is 16.6 Å². The lowest BCUT2D eigenvalue weighted by molar-refractivity contribution is 1.13. The van der Waals surface area contributed by atoms with Gasteiger partial charge < -0.3 is 5.32 Å². The maximum absolute atomic E-state index is 6.10. The summed E-state index contributed by atoms with van der Waals surface area (Å²) in [6, 6.07) is 11.7. The zero-order chi connectivity index (χ0) is 13.1. The summed E-state index contributed by atoms with van der Waals surface area (Å²) in [6.07, 6.45) is 0. The first-order valence-electron chi connectivity index (χ1n) is 5.51. The lowest BCUT2D eigenvalue weighted by Crippen LogP contribution is -2.01. The predicted molar refractivity (Wildman–Crippen MR) is 82.7 cm³/mol. The topological polar surface area (TPSA) is 12.0 Å². The van der Waals surface area contributed by atoms with Crippen LogP contribution in [0, 0.1) is 6.92 Å². The molecule has 0 heterocycles. The molecule has 4 heteroatoms. The van der Waals surface area contributed by atoms with E-state index >= 15 is 0 Å². The van der Waals surface area contributed by atoms with Crippen molar-refractivity contribution < 1.29 is 0 Å². The second-order valence-corrected chi connectivity index (χ2v) is 5.71. The quantitative estimate of drug-likeness (QED) is 0.755. The summed E-state index contributed by atoms with van der Waals surface area (Å²) in [6.45, 7) is 2.73. The number of nitrogens with one attached hydrogen (secondary N) is 1. The maximum atomic E-state index is 6.10. The SMILES string of the molecule is Cc1ccc(CNc2c(Cl)cccc2Cl)c(Br)c1. The van der Waals surface area contributed by atoms with Gasteiger partial charge in [0.2, 0.25) is 0 Å². The molecular weight excluding hydrogens is 333 g/mol. The van der Waals surface area contributed by atoms with Crippen molar-refractivity contribution in [2.75, 3.05) is 5.32 Å². The molecule has 18 heavy (non-hydrogen) atoms. The maximum Gasteiger partial charge on any atom is 0.0721 e. The van der Waals surface area contributed by atoms with Crippen molar-refractivity contribution in [3.8, 4) is 0 Å². The molecule has 0 saturated carbocycles. The third-order valence-corrected chi connectivity index (χ3v) is 4.00. The van der Waals surface area contributed by atoms with Gasteiger partial charge in [-0.2, -0.15) is 0 Å². The number of rotatable bonds is 3. The zero-order valence-electron chi connectivity index (χ0n) is 9.81. The first-order valence-corrected chi connectivity index (χ1v) is 7.06. The van der Waals surface area contributed by atoms with E-state index < -0.39 is 0 Å². The molecule has 2 aromatic carbocycles. The van der Waals surface area contributed by atoms with Crippen LogP contribution in [0.4, 0.5) is 5.69 Å². The van der Waals surface area contributed by atoms with Crippen LogP contribution in [0.3, 0.4) is 0 Å². The highest BCUT2D eigenvalue weighted by Crippen LogP contribution is 2.30. The molecule has 0 aromatic heterocycles. The third-order valence-electron chi connectivity index (χ3n) is 2.63. The average Bonchev–Trinajstić information content (AvgIpc) is 2.31. The van der Waals surface area contributed by atoms with E-state index in [-0.39, 0.29) is 0 Å². The summed E-state index contributed by atoms with van der Waals surface area (Å²) in [5.41, 5.74) is 3.16. The Balaban J connectivity index is 2.16. The van der Waals surface area contributed by atoms with Gasteiger partial charge in [0.1, 0.15) is 0 Å². The predicted octanol–water partition coefficient (Wildman–Crippen LogP) is 5.68. The number of hydrogen-bond donors (Lipinski definition) is 1. The third kappa shape index (κ3) is 3.19. The highest BCUT2D eigenvalue weighted by molar-refractivity contribution is 9.10. The van der Waals surface area contributed by atoms with Crippen LogP contribution in [0.1, 0.15) is 11.1 Å². The molecule has 0 radical (unpaired) electrons. The molecule has 2 rings (SSSR count). The minimum absolute atomic E-state index is 0.630. The molecule has 0 unspecified atom stereocenters. The molecule has 0 aliphatic heterocycles. The Morgan fingerprint density at radius 3 is 2.39 bits per heavy atom. The molecule has 0 fully saturated rings. The standard InChI is InChI=1S/C14H12BrCl2N/c1-9-5-6-10(11(15)7-9)8-18-14-12(16)3-2-4-13(14)17/h2-7,18H,8H2,1H3. The van der Waals surface area contributed by atoms with Crippen LogP contribution >= 0.6 is 39.1 Å². The molecule has 94 valence electrons. The average molecular weight is 345 g/mol. The van der Waals surface area contributed by atoms with E-state index in [1.54, 1.807) is 0 Å². The van der Waals surface area contributed by atoms with E-state index in [1.807, 2.05) is 18.2 Å². The van der Waals surface area contributed by atoms with Gasteiger partial charge in [-0.3, -0.25) is 0 Å². The fourth-order valence-electron chi connectivity index (χ4n) is 1.65. The second-order valence-electron chi connectivity index (χ2n) is 4.05. The van der Waals surface area contributed by atoms with Gasteiger partial charge in [0.25, 0.3) is 0 Å². The van der Waals surface area contributed by atoms with Gasteiger partial charge in [-0.15, -0.1) is 0 Å². The summed E-state index contributed by atoms with van der Waals surface area (Å²) in [5, 5.41) is 4.52. The van der Waals surface area contributed by atoms with E-state index in [0.717, 1.165) is 15.7 Å². The van der Waals surface area contributed by atoms with Gasteiger partial charge in [0.15, 0.2) is 0 Å². The van der Waals surface area contributed by atoms with Gasteiger partial charge in [-0.1, -0.05) is 57.3 Å². The highest BCUT2D eigenvalue weighted by atomic mass is 79.9. The molecular formula is C14H12BrCl2N. The minimum Gasteiger partial charge on any atom is -0.379 e. The van der Waals surface area contributed by atoms with E-state index in [1.165, 1.54) is 5.56 Å². The zero-order valence-corrected chi connectivity index (χ0v) is 12.9. The number of para-hydroxylation sites is 1.